The lowest BCUT2D eigenvalue weighted by molar-refractivity contribution is -0.142. The van der Waals surface area contributed by atoms with Crippen molar-refractivity contribution in [2.45, 2.75) is 38.3 Å². The topological polar surface area (TPSA) is 66.0 Å². The molecule has 2 saturated heterocycles. The van der Waals surface area contributed by atoms with Crippen LogP contribution in [-0.2, 0) is 9.59 Å². The van der Waals surface area contributed by atoms with Gasteiger partial charge in [0.05, 0.1) is 6.54 Å². The summed E-state index contributed by atoms with van der Waals surface area (Å²) in [6, 6.07) is 3.46. The van der Waals surface area contributed by atoms with Crippen molar-refractivity contribution in [3.63, 3.8) is 0 Å². The van der Waals surface area contributed by atoms with E-state index < -0.39 is 0 Å². The van der Waals surface area contributed by atoms with Crippen LogP contribution < -0.4 is 9.64 Å². The zero-order valence-electron chi connectivity index (χ0n) is 15.1. The highest BCUT2D eigenvalue weighted by Crippen LogP contribution is 2.28. The van der Waals surface area contributed by atoms with Crippen molar-refractivity contribution in [3.8, 4) is 5.75 Å². The number of amides is 2. The van der Waals surface area contributed by atoms with Crippen molar-refractivity contribution in [1.29, 1.82) is 0 Å². The molecule has 2 aliphatic rings. The van der Waals surface area contributed by atoms with Gasteiger partial charge in [0.2, 0.25) is 11.8 Å². The number of nitrogens with zero attached hydrogens (tertiary/aromatic N) is 4. The smallest absolute Gasteiger partial charge is 0.245 e. The molecule has 0 aliphatic carbocycles. The van der Waals surface area contributed by atoms with Gasteiger partial charge in [-0.05, 0) is 25.0 Å². The fourth-order valence-electron chi connectivity index (χ4n) is 3.63. The normalized spacial score (nSPS) is 23.0. The number of carbonyl (C=O) groups is 2. The molecule has 2 aliphatic heterocycles. The van der Waals surface area contributed by atoms with Crippen LogP contribution in [0.15, 0.2) is 18.3 Å². The lowest BCUT2D eigenvalue weighted by Gasteiger charge is -2.27. The third kappa shape index (κ3) is 3.70. The summed E-state index contributed by atoms with van der Waals surface area (Å²) in [4.78, 5) is 34.3. The number of pyridine rings is 1. The van der Waals surface area contributed by atoms with Gasteiger partial charge in [-0.1, -0.05) is 0 Å². The third-order valence-electron chi connectivity index (χ3n) is 4.87. The van der Waals surface area contributed by atoms with Gasteiger partial charge in [0.25, 0.3) is 0 Å². The molecule has 0 N–H and O–H groups in total. The molecule has 0 radical (unpaired) electrons. The van der Waals surface area contributed by atoms with Gasteiger partial charge in [-0.15, -0.1) is 0 Å². The van der Waals surface area contributed by atoms with E-state index in [1.54, 1.807) is 11.1 Å². The Bertz CT molecular complexity index is 649. The van der Waals surface area contributed by atoms with E-state index in [1.807, 2.05) is 36.0 Å². The SMILES string of the molecule is CC(=O)N1CCC[C@H]1C(=O)N1CC[C@@H](Oc2cccnc2N(C)C)C1. The summed E-state index contributed by atoms with van der Waals surface area (Å²) in [5.74, 6) is 1.55. The first-order valence-corrected chi connectivity index (χ1v) is 8.82. The Morgan fingerprint density at radius 1 is 1.28 bits per heavy atom. The van der Waals surface area contributed by atoms with Crippen molar-refractivity contribution < 1.29 is 14.3 Å². The Balaban J connectivity index is 1.62. The molecule has 0 unspecified atom stereocenters. The highest BCUT2D eigenvalue weighted by molar-refractivity contribution is 5.87. The molecule has 2 amide bonds. The largest absolute Gasteiger partial charge is 0.485 e. The van der Waals surface area contributed by atoms with Gasteiger partial charge < -0.3 is 19.4 Å². The molecule has 1 aromatic rings. The zero-order valence-corrected chi connectivity index (χ0v) is 15.1. The second-order valence-corrected chi connectivity index (χ2v) is 6.90. The Labute approximate surface area is 148 Å². The molecule has 25 heavy (non-hydrogen) atoms. The quantitative estimate of drug-likeness (QED) is 0.818. The summed E-state index contributed by atoms with van der Waals surface area (Å²) in [5, 5.41) is 0. The van der Waals surface area contributed by atoms with Crippen LogP contribution in [-0.4, -0.2) is 72.5 Å². The molecule has 1 aromatic heterocycles. The molecule has 7 heteroatoms. The highest BCUT2D eigenvalue weighted by Gasteiger charge is 2.38. The number of likely N-dealkylation sites (tertiary alicyclic amines) is 2. The molecule has 3 heterocycles. The first-order valence-electron chi connectivity index (χ1n) is 8.82. The number of rotatable bonds is 4. The Kier molecular flexibility index (Phi) is 5.11. The van der Waals surface area contributed by atoms with Gasteiger partial charge >= 0.3 is 0 Å². The summed E-state index contributed by atoms with van der Waals surface area (Å²) in [6.07, 6.45) is 4.14. The summed E-state index contributed by atoms with van der Waals surface area (Å²) in [6.45, 7) is 3.44. The predicted molar refractivity (Wildman–Crippen MR) is 94.6 cm³/mol. The third-order valence-corrected chi connectivity index (χ3v) is 4.87. The lowest BCUT2D eigenvalue weighted by atomic mass is 10.2. The minimum absolute atomic E-state index is 0.0196. The first kappa shape index (κ1) is 17.5. The highest BCUT2D eigenvalue weighted by atomic mass is 16.5. The molecule has 2 fully saturated rings. The average Bonchev–Trinajstić information content (AvgIpc) is 3.24. The molecular formula is C18H26N4O3. The molecule has 2 atom stereocenters. The van der Waals surface area contributed by atoms with Crippen molar-refractivity contribution in [2.24, 2.45) is 0 Å². The van der Waals surface area contributed by atoms with E-state index in [0.29, 0.717) is 19.6 Å². The van der Waals surface area contributed by atoms with Gasteiger partial charge in [0.1, 0.15) is 12.1 Å². The monoisotopic (exact) mass is 346 g/mol. The first-order chi connectivity index (χ1) is 12.0. The average molecular weight is 346 g/mol. The number of anilines is 1. The van der Waals surface area contributed by atoms with Crippen LogP contribution in [0.5, 0.6) is 5.75 Å². The van der Waals surface area contributed by atoms with Crippen molar-refractivity contribution >= 4 is 17.6 Å². The minimum atomic E-state index is -0.299. The van der Waals surface area contributed by atoms with Gasteiger partial charge in [-0.2, -0.15) is 0 Å². The number of ether oxygens (including phenoxy) is 1. The summed E-state index contributed by atoms with van der Waals surface area (Å²) in [7, 11) is 3.85. The molecule has 0 bridgehead atoms. The van der Waals surface area contributed by atoms with Gasteiger partial charge in [0, 0.05) is 46.7 Å². The molecular weight excluding hydrogens is 320 g/mol. The number of hydrogen-bond acceptors (Lipinski definition) is 5. The molecule has 7 nitrogen and oxygen atoms in total. The molecule has 0 aromatic carbocycles. The van der Waals surface area contributed by atoms with Crippen LogP contribution >= 0.6 is 0 Å². The maximum atomic E-state index is 12.8. The summed E-state index contributed by atoms with van der Waals surface area (Å²) < 4.78 is 6.11. The van der Waals surface area contributed by atoms with Gasteiger partial charge in [-0.25, -0.2) is 4.98 Å². The van der Waals surface area contributed by atoms with Crippen LogP contribution in [0.4, 0.5) is 5.82 Å². The maximum absolute atomic E-state index is 12.8. The fraction of sp³-hybridized carbons (Fsp3) is 0.611. The Hall–Kier alpha value is -2.31. The number of carbonyl (C=O) groups excluding carboxylic acids is 2. The van der Waals surface area contributed by atoms with Crippen LogP contribution in [0.25, 0.3) is 0 Å². The molecule has 0 spiro atoms. The van der Waals surface area contributed by atoms with Crippen LogP contribution in [0.2, 0.25) is 0 Å². The van der Waals surface area contributed by atoms with Crippen molar-refractivity contribution in [3.05, 3.63) is 18.3 Å². The molecule has 3 rings (SSSR count). The minimum Gasteiger partial charge on any atom is -0.485 e. The van der Waals surface area contributed by atoms with Gasteiger partial charge in [0.15, 0.2) is 11.6 Å². The van der Waals surface area contributed by atoms with E-state index in [-0.39, 0.29) is 24.0 Å². The zero-order chi connectivity index (χ0) is 18.0. The van der Waals surface area contributed by atoms with Crippen LogP contribution in [0.1, 0.15) is 26.2 Å². The van der Waals surface area contributed by atoms with E-state index in [0.717, 1.165) is 30.8 Å². The Morgan fingerprint density at radius 2 is 2.08 bits per heavy atom. The maximum Gasteiger partial charge on any atom is 0.245 e. The van der Waals surface area contributed by atoms with E-state index in [9.17, 15) is 9.59 Å². The molecule has 0 saturated carbocycles. The van der Waals surface area contributed by atoms with Gasteiger partial charge in [-0.3, -0.25) is 9.59 Å². The van der Waals surface area contributed by atoms with Crippen molar-refractivity contribution in [1.82, 2.24) is 14.8 Å². The summed E-state index contributed by atoms with van der Waals surface area (Å²) >= 11 is 0. The van der Waals surface area contributed by atoms with Crippen LogP contribution in [0.3, 0.4) is 0 Å². The van der Waals surface area contributed by atoms with E-state index >= 15 is 0 Å². The number of hydrogen-bond donors (Lipinski definition) is 0. The lowest BCUT2D eigenvalue weighted by Crippen LogP contribution is -2.46. The van der Waals surface area contributed by atoms with Crippen molar-refractivity contribution in [2.75, 3.05) is 38.6 Å². The predicted octanol–water partition coefficient (Wildman–Crippen LogP) is 1.14. The molecule has 136 valence electrons. The van der Waals surface area contributed by atoms with E-state index in [2.05, 4.69) is 4.98 Å². The fourth-order valence-corrected chi connectivity index (χ4v) is 3.63. The second kappa shape index (κ2) is 7.29. The van der Waals surface area contributed by atoms with E-state index in [4.69, 9.17) is 4.74 Å². The number of aromatic nitrogens is 1. The Morgan fingerprint density at radius 3 is 2.80 bits per heavy atom. The summed E-state index contributed by atoms with van der Waals surface area (Å²) in [5.41, 5.74) is 0. The van der Waals surface area contributed by atoms with Crippen LogP contribution in [0, 0.1) is 0 Å². The second-order valence-electron chi connectivity index (χ2n) is 6.90. The van der Waals surface area contributed by atoms with E-state index in [1.165, 1.54) is 6.92 Å². The standard InChI is InChI=1S/C18H26N4O3/c1-13(23)22-10-5-6-15(22)18(24)21-11-8-14(12-21)25-16-7-4-9-19-17(16)20(2)3/h4,7,9,14-15H,5-6,8,10-12H2,1-3H3/t14-,15+/m1/s1.